The fourth-order valence-electron chi connectivity index (χ4n) is 2.69. The molecule has 2 rings (SSSR count). The van der Waals surface area contributed by atoms with E-state index in [9.17, 15) is 0 Å². The van der Waals surface area contributed by atoms with E-state index in [1.807, 2.05) is 11.8 Å². The molecule has 13 heavy (non-hydrogen) atoms. The Kier molecular flexibility index (Phi) is 2.63. The monoisotopic (exact) mass is 200 g/mol. The van der Waals surface area contributed by atoms with Gasteiger partial charge in [-0.2, -0.15) is 0 Å². The van der Waals surface area contributed by atoms with Gasteiger partial charge in [-0.15, -0.1) is 11.8 Å². The van der Waals surface area contributed by atoms with E-state index in [4.69, 9.17) is 4.74 Å². The summed E-state index contributed by atoms with van der Waals surface area (Å²) in [4.78, 5) is 0. The average molecular weight is 200 g/mol. The Bertz CT molecular complexity index is 191. The number of thioether (sulfide) groups is 1. The van der Waals surface area contributed by atoms with Crippen LogP contribution in [0.2, 0.25) is 0 Å². The van der Waals surface area contributed by atoms with E-state index in [0.29, 0.717) is 10.9 Å². The predicted octanol–water partition coefficient (Wildman–Crippen LogP) is 3.29. The Morgan fingerprint density at radius 2 is 2.08 bits per heavy atom. The van der Waals surface area contributed by atoms with Gasteiger partial charge in [0.25, 0.3) is 0 Å². The van der Waals surface area contributed by atoms with Crippen LogP contribution >= 0.6 is 11.8 Å². The summed E-state index contributed by atoms with van der Waals surface area (Å²) >= 11 is 1.99. The molecule has 2 heteroatoms. The lowest BCUT2D eigenvalue weighted by Crippen LogP contribution is -2.46. The highest BCUT2D eigenvalue weighted by molar-refractivity contribution is 8.00. The fourth-order valence-corrected chi connectivity index (χ4v) is 3.72. The van der Waals surface area contributed by atoms with E-state index in [1.54, 1.807) is 0 Å². The van der Waals surface area contributed by atoms with Gasteiger partial charge in [0.2, 0.25) is 0 Å². The lowest BCUT2D eigenvalue weighted by Gasteiger charge is -2.47. The molecule has 2 fully saturated rings. The topological polar surface area (TPSA) is 9.23 Å². The lowest BCUT2D eigenvalue weighted by molar-refractivity contribution is -0.0224. The van der Waals surface area contributed by atoms with E-state index in [-0.39, 0.29) is 0 Å². The first-order valence-electron chi connectivity index (χ1n) is 5.35. The van der Waals surface area contributed by atoms with Gasteiger partial charge in [-0.25, -0.2) is 0 Å². The van der Waals surface area contributed by atoms with Crippen LogP contribution in [0.1, 0.15) is 40.0 Å². The van der Waals surface area contributed by atoms with Gasteiger partial charge in [0.15, 0.2) is 0 Å². The maximum atomic E-state index is 5.85. The Balaban J connectivity index is 2.08. The normalized spacial score (nSPS) is 44.1. The molecule has 0 spiro atoms. The zero-order valence-corrected chi connectivity index (χ0v) is 9.69. The molecule has 0 aromatic rings. The molecule has 0 aromatic heterocycles. The second-order valence-corrected chi connectivity index (χ2v) is 6.67. The Hall–Kier alpha value is 0.310. The summed E-state index contributed by atoms with van der Waals surface area (Å²) in [5.74, 6) is 2.57. The minimum atomic E-state index is 0.447. The van der Waals surface area contributed by atoms with Gasteiger partial charge in [-0.1, -0.05) is 27.2 Å². The van der Waals surface area contributed by atoms with Crippen molar-refractivity contribution in [1.82, 2.24) is 0 Å². The molecule has 0 N–H and O–H groups in total. The SMILES string of the molecule is C[C@@H]1CC[C@@H]2[C@H](C1)OCSC2(C)C. The van der Waals surface area contributed by atoms with Crippen LogP contribution in [0.25, 0.3) is 0 Å². The number of hydrogen-bond acceptors (Lipinski definition) is 2. The maximum Gasteiger partial charge on any atom is 0.0930 e. The molecule has 2 aliphatic rings. The summed E-state index contributed by atoms with van der Waals surface area (Å²) < 4.78 is 6.30. The van der Waals surface area contributed by atoms with E-state index in [0.717, 1.165) is 17.8 Å². The van der Waals surface area contributed by atoms with Gasteiger partial charge in [0.1, 0.15) is 0 Å². The predicted molar refractivity (Wildman–Crippen MR) is 57.9 cm³/mol. The first-order chi connectivity index (χ1) is 6.09. The molecule has 0 aromatic carbocycles. The highest BCUT2D eigenvalue weighted by Crippen LogP contribution is 2.47. The van der Waals surface area contributed by atoms with Gasteiger partial charge in [0.05, 0.1) is 12.0 Å². The van der Waals surface area contributed by atoms with Crippen LogP contribution in [0.5, 0.6) is 0 Å². The molecule has 3 atom stereocenters. The highest BCUT2D eigenvalue weighted by atomic mass is 32.2. The van der Waals surface area contributed by atoms with Crippen LogP contribution in [0.3, 0.4) is 0 Å². The third-order valence-electron chi connectivity index (χ3n) is 3.66. The van der Waals surface area contributed by atoms with Gasteiger partial charge >= 0.3 is 0 Å². The maximum absolute atomic E-state index is 5.85. The Morgan fingerprint density at radius 3 is 2.85 bits per heavy atom. The van der Waals surface area contributed by atoms with E-state index < -0.39 is 0 Å². The molecule has 1 heterocycles. The van der Waals surface area contributed by atoms with Crippen molar-refractivity contribution in [3.8, 4) is 0 Å². The fraction of sp³-hybridized carbons (Fsp3) is 1.00. The third kappa shape index (κ3) is 1.89. The molecule has 0 radical (unpaired) electrons. The van der Waals surface area contributed by atoms with E-state index >= 15 is 0 Å². The van der Waals surface area contributed by atoms with Crippen molar-refractivity contribution in [2.75, 3.05) is 5.94 Å². The van der Waals surface area contributed by atoms with E-state index in [2.05, 4.69) is 20.8 Å². The molecule has 1 aliphatic heterocycles. The molecular formula is C11H20OS. The first kappa shape index (κ1) is 9.85. The Labute approximate surface area is 85.6 Å². The Morgan fingerprint density at radius 1 is 1.31 bits per heavy atom. The van der Waals surface area contributed by atoms with Gasteiger partial charge < -0.3 is 4.74 Å². The molecule has 1 nitrogen and oxygen atoms in total. The van der Waals surface area contributed by atoms with Gasteiger partial charge in [0, 0.05) is 4.75 Å². The molecule has 1 saturated heterocycles. The third-order valence-corrected chi connectivity index (χ3v) is 4.96. The number of hydrogen-bond donors (Lipinski definition) is 0. The van der Waals surface area contributed by atoms with Crippen LogP contribution in [-0.4, -0.2) is 16.8 Å². The van der Waals surface area contributed by atoms with E-state index in [1.165, 1.54) is 19.3 Å². The van der Waals surface area contributed by atoms with Gasteiger partial charge in [-0.3, -0.25) is 0 Å². The van der Waals surface area contributed by atoms with Crippen LogP contribution in [0.4, 0.5) is 0 Å². The zero-order valence-electron chi connectivity index (χ0n) is 8.88. The number of fused-ring (bicyclic) bond motifs is 1. The lowest BCUT2D eigenvalue weighted by atomic mass is 9.75. The van der Waals surface area contributed by atoms with Crippen molar-refractivity contribution in [2.45, 2.75) is 50.9 Å². The van der Waals surface area contributed by atoms with Crippen LogP contribution in [0, 0.1) is 11.8 Å². The standard InChI is InChI=1S/C11H20OS/c1-8-4-5-9-10(6-8)12-7-13-11(9,2)3/h8-10H,4-7H2,1-3H3/t8-,9-,10+/m1/s1. The number of rotatable bonds is 0. The van der Waals surface area contributed by atoms with Gasteiger partial charge in [-0.05, 0) is 24.7 Å². The van der Waals surface area contributed by atoms with Crippen molar-refractivity contribution in [3.63, 3.8) is 0 Å². The summed E-state index contributed by atoms with van der Waals surface area (Å²) in [6, 6.07) is 0. The minimum absolute atomic E-state index is 0.447. The highest BCUT2D eigenvalue weighted by Gasteiger charge is 2.42. The molecule has 0 bridgehead atoms. The van der Waals surface area contributed by atoms with Crippen molar-refractivity contribution in [1.29, 1.82) is 0 Å². The van der Waals surface area contributed by atoms with Crippen molar-refractivity contribution < 1.29 is 4.74 Å². The first-order valence-corrected chi connectivity index (χ1v) is 6.34. The van der Waals surface area contributed by atoms with Crippen molar-refractivity contribution >= 4 is 11.8 Å². The van der Waals surface area contributed by atoms with Crippen LogP contribution in [-0.2, 0) is 4.74 Å². The molecule has 0 amide bonds. The minimum Gasteiger partial charge on any atom is -0.367 e. The number of ether oxygens (including phenoxy) is 1. The largest absolute Gasteiger partial charge is 0.367 e. The summed E-state index contributed by atoms with van der Waals surface area (Å²) in [7, 11) is 0. The summed E-state index contributed by atoms with van der Waals surface area (Å²) in [6.07, 6.45) is 4.61. The quantitative estimate of drug-likeness (QED) is 0.593. The molecular weight excluding hydrogens is 180 g/mol. The van der Waals surface area contributed by atoms with Crippen LogP contribution < -0.4 is 0 Å². The average Bonchev–Trinajstić information content (AvgIpc) is 2.02. The smallest absolute Gasteiger partial charge is 0.0930 e. The summed E-state index contributed by atoms with van der Waals surface area (Å²) in [6.45, 7) is 7.12. The summed E-state index contributed by atoms with van der Waals surface area (Å²) in [5.41, 5.74) is 0. The van der Waals surface area contributed by atoms with Crippen molar-refractivity contribution in [3.05, 3.63) is 0 Å². The molecule has 76 valence electrons. The second-order valence-electron chi connectivity index (χ2n) is 5.10. The summed E-state index contributed by atoms with van der Waals surface area (Å²) in [5, 5.41) is 0. The van der Waals surface area contributed by atoms with Crippen LogP contribution in [0.15, 0.2) is 0 Å². The second kappa shape index (κ2) is 3.47. The zero-order chi connectivity index (χ0) is 9.47. The molecule has 0 unspecified atom stereocenters. The molecule has 1 aliphatic carbocycles. The van der Waals surface area contributed by atoms with Crippen molar-refractivity contribution in [2.24, 2.45) is 11.8 Å². The molecule has 1 saturated carbocycles.